The Kier molecular flexibility index (Phi) is 5.10. The van der Waals surface area contributed by atoms with Crippen molar-refractivity contribution in [3.8, 4) is 0 Å². The van der Waals surface area contributed by atoms with E-state index >= 15 is 0 Å². The van der Waals surface area contributed by atoms with Gasteiger partial charge in [0, 0.05) is 6.54 Å². The van der Waals surface area contributed by atoms with Crippen molar-refractivity contribution in [2.75, 3.05) is 19.6 Å². The second-order valence-corrected chi connectivity index (χ2v) is 3.94. The molecule has 0 bridgehead atoms. The van der Waals surface area contributed by atoms with Crippen molar-refractivity contribution in [3.63, 3.8) is 0 Å². The van der Waals surface area contributed by atoms with Crippen LogP contribution in [0.25, 0.3) is 0 Å². The first kappa shape index (κ1) is 12.0. The first-order chi connectivity index (χ1) is 7.22. The number of amides is 2. The minimum absolute atomic E-state index is 0.0305. The molecule has 0 heterocycles. The van der Waals surface area contributed by atoms with Crippen LogP contribution < -0.4 is 16.4 Å². The normalized spacial score (nSPS) is 16.3. The van der Waals surface area contributed by atoms with E-state index < -0.39 is 0 Å². The summed E-state index contributed by atoms with van der Waals surface area (Å²) >= 11 is 0. The molecule has 0 atom stereocenters. The van der Waals surface area contributed by atoms with Gasteiger partial charge in [-0.2, -0.15) is 0 Å². The Hall–Kier alpha value is -1.10. The summed E-state index contributed by atoms with van der Waals surface area (Å²) in [5.41, 5.74) is 5.09. The van der Waals surface area contributed by atoms with E-state index in [1.54, 1.807) is 0 Å². The molecular formula is C10H19N3O2. The summed E-state index contributed by atoms with van der Waals surface area (Å²) in [5, 5.41) is 5.24. The minimum Gasteiger partial charge on any atom is -0.354 e. The largest absolute Gasteiger partial charge is 0.354 e. The van der Waals surface area contributed by atoms with Crippen molar-refractivity contribution >= 4 is 11.8 Å². The Bertz CT molecular complexity index is 225. The minimum atomic E-state index is -0.300. The number of nitrogens with one attached hydrogen (secondary N) is 2. The lowest BCUT2D eigenvalue weighted by Crippen LogP contribution is -2.40. The molecule has 1 aliphatic rings. The van der Waals surface area contributed by atoms with Gasteiger partial charge in [0.25, 0.3) is 0 Å². The topological polar surface area (TPSA) is 84.2 Å². The molecule has 1 saturated carbocycles. The van der Waals surface area contributed by atoms with E-state index in [-0.39, 0.29) is 24.9 Å². The zero-order valence-corrected chi connectivity index (χ0v) is 8.92. The maximum Gasteiger partial charge on any atom is 0.239 e. The number of hydrogen-bond donors (Lipinski definition) is 3. The first-order valence-electron chi connectivity index (χ1n) is 5.46. The number of carbonyl (C=O) groups is 2. The van der Waals surface area contributed by atoms with E-state index in [9.17, 15) is 9.59 Å². The van der Waals surface area contributed by atoms with E-state index in [1.165, 1.54) is 25.7 Å². The molecule has 0 aromatic carbocycles. The Morgan fingerprint density at radius 1 is 1.13 bits per heavy atom. The molecule has 0 spiro atoms. The van der Waals surface area contributed by atoms with E-state index in [0.717, 1.165) is 6.54 Å². The van der Waals surface area contributed by atoms with Crippen LogP contribution in [-0.2, 0) is 9.59 Å². The monoisotopic (exact) mass is 213 g/mol. The van der Waals surface area contributed by atoms with Gasteiger partial charge in [0.2, 0.25) is 11.8 Å². The van der Waals surface area contributed by atoms with Gasteiger partial charge in [0.1, 0.15) is 0 Å². The van der Waals surface area contributed by atoms with E-state index in [2.05, 4.69) is 10.6 Å². The molecule has 0 aromatic rings. The van der Waals surface area contributed by atoms with Crippen LogP contribution in [0.5, 0.6) is 0 Å². The summed E-state index contributed by atoms with van der Waals surface area (Å²) in [6, 6.07) is 0. The van der Waals surface area contributed by atoms with Crippen LogP contribution in [0.2, 0.25) is 0 Å². The van der Waals surface area contributed by atoms with Crippen LogP contribution in [-0.4, -0.2) is 31.4 Å². The van der Waals surface area contributed by atoms with Crippen LogP contribution in [0.1, 0.15) is 25.7 Å². The lowest BCUT2D eigenvalue weighted by molar-refractivity contribution is -0.125. The quantitative estimate of drug-likeness (QED) is 0.568. The predicted molar refractivity (Wildman–Crippen MR) is 57.0 cm³/mol. The highest BCUT2D eigenvalue weighted by molar-refractivity contribution is 5.85. The summed E-state index contributed by atoms with van der Waals surface area (Å²) in [6.07, 6.45) is 4.94. The fourth-order valence-corrected chi connectivity index (χ4v) is 1.79. The zero-order chi connectivity index (χ0) is 11.1. The van der Waals surface area contributed by atoms with Crippen molar-refractivity contribution in [3.05, 3.63) is 0 Å². The van der Waals surface area contributed by atoms with Gasteiger partial charge >= 0.3 is 0 Å². The Morgan fingerprint density at radius 3 is 2.40 bits per heavy atom. The van der Waals surface area contributed by atoms with Gasteiger partial charge in [0.15, 0.2) is 0 Å². The van der Waals surface area contributed by atoms with Crippen LogP contribution in [0.15, 0.2) is 0 Å². The molecule has 1 aliphatic carbocycles. The van der Waals surface area contributed by atoms with Crippen molar-refractivity contribution in [2.45, 2.75) is 25.7 Å². The molecule has 1 rings (SSSR count). The third-order valence-corrected chi connectivity index (χ3v) is 2.69. The van der Waals surface area contributed by atoms with Gasteiger partial charge in [0.05, 0.1) is 13.1 Å². The molecule has 0 saturated heterocycles. The number of carbonyl (C=O) groups excluding carboxylic acids is 2. The Labute approximate surface area is 89.8 Å². The maximum atomic E-state index is 11.3. The molecule has 1 fully saturated rings. The van der Waals surface area contributed by atoms with Crippen molar-refractivity contribution in [1.29, 1.82) is 0 Å². The third-order valence-electron chi connectivity index (χ3n) is 2.69. The van der Waals surface area contributed by atoms with Gasteiger partial charge in [-0.25, -0.2) is 0 Å². The van der Waals surface area contributed by atoms with Crippen molar-refractivity contribution in [2.24, 2.45) is 11.7 Å². The highest BCUT2D eigenvalue weighted by Gasteiger charge is 2.15. The third kappa shape index (κ3) is 4.78. The second kappa shape index (κ2) is 6.40. The van der Waals surface area contributed by atoms with Gasteiger partial charge in [-0.05, 0) is 18.8 Å². The van der Waals surface area contributed by atoms with Crippen LogP contribution in [0.4, 0.5) is 0 Å². The molecule has 5 heteroatoms. The van der Waals surface area contributed by atoms with Crippen LogP contribution in [0.3, 0.4) is 0 Å². The fraction of sp³-hybridized carbons (Fsp3) is 0.800. The van der Waals surface area contributed by atoms with Crippen LogP contribution >= 0.6 is 0 Å². The van der Waals surface area contributed by atoms with Crippen LogP contribution in [0, 0.1) is 5.92 Å². The Morgan fingerprint density at radius 2 is 1.80 bits per heavy atom. The number of rotatable bonds is 5. The maximum absolute atomic E-state index is 11.3. The van der Waals surface area contributed by atoms with E-state index in [4.69, 9.17) is 5.73 Å². The van der Waals surface area contributed by atoms with Gasteiger partial charge in [-0.15, -0.1) is 0 Å². The Balaban J connectivity index is 2.05. The van der Waals surface area contributed by atoms with Crippen molar-refractivity contribution in [1.82, 2.24) is 10.6 Å². The summed E-state index contributed by atoms with van der Waals surface area (Å²) in [6.45, 7) is 0.690. The van der Waals surface area contributed by atoms with E-state index in [1.807, 2.05) is 0 Å². The molecule has 2 amide bonds. The molecule has 0 unspecified atom stereocenters. The average Bonchev–Trinajstić information content (AvgIpc) is 2.75. The standard InChI is InChI=1S/C10H19N3O2/c11-5-9(14)13-7-10(15)12-6-8-3-1-2-4-8/h8H,1-7,11H2,(H,12,15)(H,13,14). The van der Waals surface area contributed by atoms with Gasteiger partial charge < -0.3 is 16.4 Å². The molecule has 4 N–H and O–H groups in total. The highest BCUT2D eigenvalue weighted by Crippen LogP contribution is 2.23. The molecule has 86 valence electrons. The summed E-state index contributed by atoms with van der Waals surface area (Å²) in [5.74, 6) is 0.189. The van der Waals surface area contributed by atoms with E-state index in [0.29, 0.717) is 5.92 Å². The smallest absolute Gasteiger partial charge is 0.239 e. The summed E-state index contributed by atoms with van der Waals surface area (Å²) in [4.78, 5) is 22.0. The molecule has 0 aliphatic heterocycles. The molecule has 0 radical (unpaired) electrons. The molecule has 15 heavy (non-hydrogen) atoms. The average molecular weight is 213 g/mol. The molecular weight excluding hydrogens is 194 g/mol. The summed E-state index contributed by atoms with van der Waals surface area (Å²) < 4.78 is 0. The SMILES string of the molecule is NCC(=O)NCC(=O)NCC1CCCC1. The fourth-order valence-electron chi connectivity index (χ4n) is 1.79. The predicted octanol–water partition coefficient (Wildman–Crippen LogP) is -0.632. The molecule has 0 aromatic heterocycles. The molecule has 5 nitrogen and oxygen atoms in total. The zero-order valence-electron chi connectivity index (χ0n) is 8.92. The van der Waals surface area contributed by atoms with Gasteiger partial charge in [-0.1, -0.05) is 12.8 Å². The van der Waals surface area contributed by atoms with Gasteiger partial charge in [-0.3, -0.25) is 9.59 Å². The first-order valence-corrected chi connectivity index (χ1v) is 5.46. The van der Waals surface area contributed by atoms with Crippen molar-refractivity contribution < 1.29 is 9.59 Å². The number of hydrogen-bond acceptors (Lipinski definition) is 3. The summed E-state index contributed by atoms with van der Waals surface area (Å²) in [7, 11) is 0. The lowest BCUT2D eigenvalue weighted by Gasteiger charge is -2.10. The number of nitrogens with two attached hydrogens (primary N) is 1. The highest BCUT2D eigenvalue weighted by atomic mass is 16.2. The second-order valence-electron chi connectivity index (χ2n) is 3.94. The lowest BCUT2D eigenvalue weighted by atomic mass is 10.1.